The Morgan fingerprint density at radius 2 is 1.36 bits per heavy atom. The average Bonchev–Trinajstić information content (AvgIpc) is 2.85. The Labute approximate surface area is 257 Å². The van der Waals surface area contributed by atoms with Gasteiger partial charge in [-0.15, -0.1) is 11.8 Å². The Hall–Kier alpha value is 0.532. The molecule has 0 aromatic carbocycles. The molecule has 5 atom stereocenters. The number of thioether (sulfide) groups is 1. The van der Waals surface area contributed by atoms with Gasteiger partial charge < -0.3 is 36.4 Å². The van der Waals surface area contributed by atoms with Crippen LogP contribution in [0.5, 0.6) is 0 Å². The van der Waals surface area contributed by atoms with Crippen molar-refractivity contribution in [2.24, 2.45) is 0 Å². The number of amides is 2. The van der Waals surface area contributed by atoms with Gasteiger partial charge >= 0.3 is 0 Å². The summed E-state index contributed by atoms with van der Waals surface area (Å²) >= 11 is 1.41. The van der Waals surface area contributed by atoms with Crippen LogP contribution in [0, 0.1) is 44.1 Å². The van der Waals surface area contributed by atoms with Crippen molar-refractivity contribution in [2.45, 2.75) is 120 Å². The predicted octanol–water partition coefficient (Wildman–Crippen LogP) is 2.90. The van der Waals surface area contributed by atoms with Crippen molar-refractivity contribution in [1.82, 2.24) is 10.6 Å². The third-order valence-electron chi connectivity index (χ3n) is 6.22. The molecule has 0 aliphatic carbocycles. The smallest absolute Gasteiger partial charge is 0.219 e. The second-order valence-corrected chi connectivity index (χ2v) is 10.5. The molecule has 209 valence electrons. The first-order valence-electron chi connectivity index (χ1n) is 13.4. The summed E-state index contributed by atoms with van der Waals surface area (Å²) in [5.41, 5.74) is 7.40. The summed E-state index contributed by atoms with van der Waals surface area (Å²) in [5.74, 6) is 0.935. The van der Waals surface area contributed by atoms with Crippen molar-refractivity contribution in [3.8, 4) is 0 Å². The fourth-order valence-electron chi connectivity index (χ4n) is 3.94. The molecule has 0 aromatic rings. The van der Waals surface area contributed by atoms with Gasteiger partial charge in [-0.25, -0.2) is 0 Å². The second-order valence-electron chi connectivity index (χ2n) is 9.34. The number of hydrogen-bond donors (Lipinski definition) is 5. The number of rotatable bonds is 20. The number of carbonyl (C=O) groups excluding carboxylic acids is 2. The molecule has 9 nitrogen and oxygen atoms in total. The molecular weight excluding hydrogens is 697 g/mol. The van der Waals surface area contributed by atoms with Gasteiger partial charge in [-0.05, 0) is 37.9 Å². The zero-order chi connectivity index (χ0) is 25.9. The molecule has 1 heterocycles. The second kappa shape index (κ2) is 23.4. The van der Waals surface area contributed by atoms with Crippen molar-refractivity contribution >= 4 is 23.6 Å². The molecular formula is C25H48AcN3O6S-. The summed E-state index contributed by atoms with van der Waals surface area (Å²) in [4.78, 5) is 23.7. The summed E-state index contributed by atoms with van der Waals surface area (Å²) in [7, 11) is 0. The minimum absolute atomic E-state index is 0. The molecule has 3 unspecified atom stereocenters. The first-order valence-corrected chi connectivity index (χ1v) is 14.4. The zero-order valence-corrected chi connectivity index (χ0v) is 27.5. The van der Waals surface area contributed by atoms with Crippen molar-refractivity contribution in [2.75, 3.05) is 25.4 Å². The van der Waals surface area contributed by atoms with E-state index < -0.39 is 36.4 Å². The number of carbonyl (C=O) groups is 2. The van der Waals surface area contributed by atoms with E-state index in [4.69, 9.17) is 10.5 Å². The maximum atomic E-state index is 11.9. The number of unbranched alkanes of at least 4 members (excludes halogenated alkanes) is 8. The summed E-state index contributed by atoms with van der Waals surface area (Å²) < 4.78 is 5.53. The maximum absolute atomic E-state index is 11.9. The number of aliphatic hydroxyl groups is 3. The molecule has 6 N–H and O–H groups in total. The number of aliphatic hydroxyl groups excluding tert-OH is 3. The molecule has 11 heteroatoms. The Balaban J connectivity index is 0.0000122. The molecule has 0 spiro atoms. The first kappa shape index (κ1) is 36.5. The van der Waals surface area contributed by atoms with Crippen LogP contribution in [0.25, 0.3) is 5.73 Å². The summed E-state index contributed by atoms with van der Waals surface area (Å²) in [6, 6.07) is -0.950. The van der Waals surface area contributed by atoms with Gasteiger partial charge in [0, 0.05) is 70.0 Å². The predicted molar refractivity (Wildman–Crippen MR) is 140 cm³/mol. The van der Waals surface area contributed by atoms with Crippen LogP contribution in [-0.4, -0.2) is 82.4 Å². The van der Waals surface area contributed by atoms with Gasteiger partial charge in [0.05, 0.1) is 18.1 Å². The van der Waals surface area contributed by atoms with Crippen LogP contribution in [0.3, 0.4) is 0 Å². The topological polar surface area (TPSA) is 152 Å². The zero-order valence-electron chi connectivity index (χ0n) is 22.0. The Morgan fingerprint density at radius 3 is 1.92 bits per heavy atom. The monoisotopic (exact) mass is 745 g/mol. The quantitative estimate of drug-likeness (QED) is 0.120. The minimum Gasteiger partial charge on any atom is -0.670 e. The molecule has 1 fully saturated rings. The van der Waals surface area contributed by atoms with E-state index in [1.807, 2.05) is 0 Å². The van der Waals surface area contributed by atoms with Crippen LogP contribution in [0.15, 0.2) is 0 Å². The number of nitrogens with one attached hydrogen (secondary N) is 3. The molecule has 1 rings (SSSR count). The van der Waals surface area contributed by atoms with Crippen LogP contribution in [-0.2, 0) is 14.3 Å². The van der Waals surface area contributed by atoms with E-state index in [9.17, 15) is 24.9 Å². The molecule has 2 amide bonds. The van der Waals surface area contributed by atoms with Gasteiger partial charge in [-0.3, -0.25) is 9.59 Å². The van der Waals surface area contributed by atoms with Gasteiger partial charge in [0.2, 0.25) is 11.8 Å². The molecule has 1 saturated heterocycles. The summed E-state index contributed by atoms with van der Waals surface area (Å²) in [5, 5.41) is 34.8. The van der Waals surface area contributed by atoms with Gasteiger partial charge in [-0.1, -0.05) is 51.5 Å². The van der Waals surface area contributed by atoms with Gasteiger partial charge in [0.15, 0.2) is 0 Å². The van der Waals surface area contributed by atoms with Crippen molar-refractivity contribution in [3.63, 3.8) is 0 Å². The maximum Gasteiger partial charge on any atom is 0.219 e. The first-order chi connectivity index (χ1) is 16.9. The van der Waals surface area contributed by atoms with Gasteiger partial charge in [0.25, 0.3) is 0 Å². The SMILES string of the molecule is CCCCCCCC(=O)NCCCCCC(=O)NCCCCCS[C@@H]1OC(CO)[C@H](O)C(O)C1[NH-].[Ac]. The summed E-state index contributed by atoms with van der Waals surface area (Å²) in [6.45, 7) is 3.11. The minimum atomic E-state index is -1.24. The van der Waals surface area contributed by atoms with E-state index in [1.165, 1.54) is 31.0 Å². The van der Waals surface area contributed by atoms with Crippen LogP contribution in [0.2, 0.25) is 0 Å². The molecule has 1 aliphatic rings. The summed E-state index contributed by atoms with van der Waals surface area (Å²) in [6.07, 6.45) is 8.86. The Kier molecular flexibility index (Phi) is 23.8. The Morgan fingerprint density at radius 1 is 0.833 bits per heavy atom. The van der Waals surface area contributed by atoms with Crippen molar-refractivity contribution in [1.29, 1.82) is 0 Å². The fourth-order valence-corrected chi connectivity index (χ4v) is 5.13. The normalized spacial score (nSPS) is 23.6. The molecule has 1 aliphatic heterocycles. The molecule has 0 aromatic heterocycles. The molecule has 0 saturated carbocycles. The van der Waals surface area contributed by atoms with Crippen LogP contribution in [0.1, 0.15) is 90.4 Å². The van der Waals surface area contributed by atoms with Crippen molar-refractivity contribution in [3.05, 3.63) is 5.73 Å². The van der Waals surface area contributed by atoms with E-state index in [1.54, 1.807) is 0 Å². The van der Waals surface area contributed by atoms with Crippen LogP contribution < -0.4 is 10.6 Å². The third-order valence-corrected chi connectivity index (χ3v) is 7.47. The van der Waals surface area contributed by atoms with Crippen LogP contribution in [0.4, 0.5) is 0 Å². The average molecular weight is 746 g/mol. The van der Waals surface area contributed by atoms with E-state index in [-0.39, 0.29) is 55.9 Å². The van der Waals surface area contributed by atoms with E-state index in [2.05, 4.69) is 17.6 Å². The third kappa shape index (κ3) is 16.5. The number of hydrogen-bond acceptors (Lipinski definition) is 7. The van der Waals surface area contributed by atoms with Gasteiger partial charge in [0.1, 0.15) is 12.2 Å². The largest absolute Gasteiger partial charge is 0.670 e. The van der Waals surface area contributed by atoms with E-state index in [0.717, 1.165) is 57.1 Å². The Bertz CT molecular complexity index is 576. The standard InChI is InChI=1S/C25H48N3O6S.Ac/c1-2-3-4-5-8-13-20(30)27-15-10-6-9-14-21(31)28-16-11-7-12-17-35-25-22(26)24(33)23(32)19(18-29)34-25;/h19,22-26,29,32-33H,2-18H2,1H3,(H,27,30)(H,28,31);/q-1;/t19?,22?,23-,24?,25-;/m0./s1. The van der Waals surface area contributed by atoms with E-state index >= 15 is 0 Å². The number of ether oxygens (including phenoxy) is 1. The molecule has 0 bridgehead atoms. The van der Waals surface area contributed by atoms with Crippen molar-refractivity contribution < 1.29 is 73.7 Å². The van der Waals surface area contributed by atoms with Crippen LogP contribution >= 0.6 is 11.8 Å². The molecule has 1 radical (unpaired) electrons. The van der Waals surface area contributed by atoms with E-state index in [0.29, 0.717) is 25.9 Å². The van der Waals surface area contributed by atoms with Gasteiger partial charge in [-0.2, -0.15) is 0 Å². The fraction of sp³-hybridized carbons (Fsp3) is 0.920. The molecule has 36 heavy (non-hydrogen) atoms.